The van der Waals surface area contributed by atoms with Gasteiger partial charge in [0.05, 0.1) is 6.61 Å². The van der Waals surface area contributed by atoms with Crippen molar-refractivity contribution in [1.29, 1.82) is 0 Å². The fourth-order valence-electron chi connectivity index (χ4n) is 2.45. The van der Waals surface area contributed by atoms with E-state index >= 15 is 0 Å². The molecule has 2 rings (SSSR count). The number of ether oxygens (including phenoxy) is 1. The molecule has 0 bridgehead atoms. The summed E-state index contributed by atoms with van der Waals surface area (Å²) in [5, 5.41) is 6.65. The number of benzene rings is 1. The van der Waals surface area contributed by atoms with Crippen LogP contribution in [0.25, 0.3) is 0 Å². The second-order valence-corrected chi connectivity index (χ2v) is 5.96. The molecule has 1 aromatic heterocycles. The second-order valence-electron chi connectivity index (χ2n) is 5.96. The Hall–Kier alpha value is -2.14. The van der Waals surface area contributed by atoms with Crippen LogP contribution in [0.2, 0.25) is 0 Å². The summed E-state index contributed by atoms with van der Waals surface area (Å²) in [6.07, 6.45) is 0. The first kappa shape index (κ1) is 17.2. The van der Waals surface area contributed by atoms with Crippen LogP contribution in [0.3, 0.4) is 0 Å². The van der Waals surface area contributed by atoms with Gasteiger partial charge in [-0.1, -0.05) is 32.0 Å². The topological polar surface area (TPSA) is 59.1 Å². The minimum absolute atomic E-state index is 0.432. The SMILES string of the molecule is COCCNc1cc(C)nc(Nc2c(C)cccc2C(C)C)n1. The fraction of sp³-hybridized carbons (Fsp3) is 0.444. The predicted molar refractivity (Wildman–Crippen MR) is 95.7 cm³/mol. The molecule has 0 spiro atoms. The third-order valence-electron chi connectivity index (χ3n) is 3.63. The molecule has 0 fully saturated rings. The molecule has 0 saturated carbocycles. The summed E-state index contributed by atoms with van der Waals surface area (Å²) >= 11 is 0. The molecule has 0 atom stereocenters. The van der Waals surface area contributed by atoms with E-state index in [4.69, 9.17) is 4.74 Å². The van der Waals surface area contributed by atoms with Crippen LogP contribution in [0, 0.1) is 13.8 Å². The average molecular weight is 314 g/mol. The van der Waals surface area contributed by atoms with Crippen LogP contribution in [0.4, 0.5) is 17.5 Å². The van der Waals surface area contributed by atoms with E-state index in [1.54, 1.807) is 7.11 Å². The monoisotopic (exact) mass is 314 g/mol. The van der Waals surface area contributed by atoms with Gasteiger partial charge in [-0.3, -0.25) is 0 Å². The van der Waals surface area contributed by atoms with E-state index < -0.39 is 0 Å². The van der Waals surface area contributed by atoms with E-state index in [1.165, 1.54) is 11.1 Å². The van der Waals surface area contributed by atoms with Crippen molar-refractivity contribution in [3.05, 3.63) is 41.1 Å². The number of aryl methyl sites for hydroxylation is 2. The van der Waals surface area contributed by atoms with E-state index in [1.807, 2.05) is 13.0 Å². The number of nitrogens with zero attached hydrogens (tertiary/aromatic N) is 2. The molecule has 23 heavy (non-hydrogen) atoms. The Morgan fingerprint density at radius 1 is 1.17 bits per heavy atom. The van der Waals surface area contributed by atoms with E-state index in [2.05, 4.69) is 59.6 Å². The number of anilines is 3. The summed E-state index contributed by atoms with van der Waals surface area (Å²) < 4.78 is 5.06. The maximum atomic E-state index is 5.06. The van der Waals surface area contributed by atoms with Crippen molar-refractivity contribution in [2.45, 2.75) is 33.6 Å². The molecule has 0 amide bonds. The number of nitrogens with one attached hydrogen (secondary N) is 2. The Labute approximate surface area is 138 Å². The lowest BCUT2D eigenvalue weighted by Crippen LogP contribution is -2.11. The van der Waals surface area contributed by atoms with Crippen LogP contribution in [0.1, 0.15) is 36.6 Å². The smallest absolute Gasteiger partial charge is 0.229 e. The maximum Gasteiger partial charge on any atom is 0.229 e. The Balaban J connectivity index is 2.26. The summed E-state index contributed by atoms with van der Waals surface area (Å²) in [6.45, 7) is 9.80. The molecule has 124 valence electrons. The lowest BCUT2D eigenvalue weighted by Gasteiger charge is -2.17. The van der Waals surface area contributed by atoms with Gasteiger partial charge < -0.3 is 15.4 Å². The van der Waals surface area contributed by atoms with Crippen LogP contribution in [0.15, 0.2) is 24.3 Å². The third-order valence-corrected chi connectivity index (χ3v) is 3.63. The highest BCUT2D eigenvalue weighted by molar-refractivity contribution is 5.64. The highest BCUT2D eigenvalue weighted by Gasteiger charge is 2.11. The van der Waals surface area contributed by atoms with Gasteiger partial charge in [-0.25, -0.2) is 4.98 Å². The molecule has 0 aliphatic carbocycles. The van der Waals surface area contributed by atoms with Crippen molar-refractivity contribution < 1.29 is 4.74 Å². The number of hydrogen-bond acceptors (Lipinski definition) is 5. The lowest BCUT2D eigenvalue weighted by molar-refractivity contribution is 0.210. The van der Waals surface area contributed by atoms with Crippen molar-refractivity contribution in [2.24, 2.45) is 0 Å². The summed E-state index contributed by atoms with van der Waals surface area (Å²) in [7, 11) is 1.69. The van der Waals surface area contributed by atoms with Crippen molar-refractivity contribution in [1.82, 2.24) is 9.97 Å². The van der Waals surface area contributed by atoms with Gasteiger partial charge in [0.2, 0.25) is 5.95 Å². The van der Waals surface area contributed by atoms with E-state index in [9.17, 15) is 0 Å². The standard InChI is InChI=1S/C18H26N4O/c1-12(2)15-8-6-7-13(3)17(15)22-18-20-14(4)11-16(21-18)19-9-10-23-5/h6-8,11-12H,9-10H2,1-5H3,(H2,19,20,21,22). The molecule has 1 aromatic carbocycles. The number of aromatic nitrogens is 2. The van der Waals surface area contributed by atoms with Crippen LogP contribution in [-0.4, -0.2) is 30.2 Å². The van der Waals surface area contributed by atoms with Gasteiger partial charge >= 0.3 is 0 Å². The van der Waals surface area contributed by atoms with Gasteiger partial charge in [0.15, 0.2) is 0 Å². The van der Waals surface area contributed by atoms with Crippen LogP contribution in [0.5, 0.6) is 0 Å². The Kier molecular flexibility index (Phi) is 5.93. The molecule has 2 aromatic rings. The molecule has 5 heteroatoms. The molecule has 0 saturated heterocycles. The molecular formula is C18H26N4O. The zero-order valence-corrected chi connectivity index (χ0v) is 14.6. The number of methoxy groups -OCH3 is 1. The summed E-state index contributed by atoms with van der Waals surface area (Å²) in [6, 6.07) is 8.27. The molecule has 5 nitrogen and oxygen atoms in total. The van der Waals surface area contributed by atoms with E-state index in [-0.39, 0.29) is 0 Å². The molecule has 0 aliphatic heterocycles. The molecular weight excluding hydrogens is 288 g/mol. The van der Waals surface area contributed by atoms with Gasteiger partial charge in [-0.2, -0.15) is 4.98 Å². The summed E-state index contributed by atoms with van der Waals surface area (Å²) in [5.41, 5.74) is 4.47. The Morgan fingerprint density at radius 3 is 2.65 bits per heavy atom. The quantitative estimate of drug-likeness (QED) is 0.756. The minimum Gasteiger partial charge on any atom is -0.383 e. The zero-order chi connectivity index (χ0) is 16.8. The molecule has 2 N–H and O–H groups in total. The van der Waals surface area contributed by atoms with Gasteiger partial charge in [0.25, 0.3) is 0 Å². The van der Waals surface area contributed by atoms with Crippen molar-refractivity contribution in [3.63, 3.8) is 0 Å². The largest absolute Gasteiger partial charge is 0.383 e. The van der Waals surface area contributed by atoms with Gasteiger partial charge in [-0.15, -0.1) is 0 Å². The molecule has 0 radical (unpaired) electrons. The van der Waals surface area contributed by atoms with Gasteiger partial charge in [0.1, 0.15) is 5.82 Å². The third kappa shape index (κ3) is 4.66. The van der Waals surface area contributed by atoms with Gasteiger partial charge in [0, 0.05) is 31.1 Å². The van der Waals surface area contributed by atoms with E-state index in [0.29, 0.717) is 25.0 Å². The van der Waals surface area contributed by atoms with Crippen molar-refractivity contribution in [3.8, 4) is 0 Å². The number of hydrogen-bond donors (Lipinski definition) is 2. The van der Waals surface area contributed by atoms with E-state index in [0.717, 1.165) is 17.2 Å². The Bertz CT molecular complexity index is 655. The van der Waals surface area contributed by atoms with Gasteiger partial charge in [-0.05, 0) is 30.9 Å². The van der Waals surface area contributed by atoms with Crippen LogP contribution in [-0.2, 0) is 4.74 Å². The van der Waals surface area contributed by atoms with Crippen molar-refractivity contribution >= 4 is 17.5 Å². The molecule has 1 heterocycles. The summed E-state index contributed by atoms with van der Waals surface area (Å²) in [4.78, 5) is 9.06. The van der Waals surface area contributed by atoms with Crippen LogP contribution >= 0.6 is 0 Å². The first-order chi connectivity index (χ1) is 11.0. The zero-order valence-electron chi connectivity index (χ0n) is 14.6. The highest BCUT2D eigenvalue weighted by Crippen LogP contribution is 2.29. The Morgan fingerprint density at radius 2 is 1.96 bits per heavy atom. The lowest BCUT2D eigenvalue weighted by atomic mass is 9.98. The first-order valence-electron chi connectivity index (χ1n) is 7.96. The number of rotatable bonds is 7. The highest BCUT2D eigenvalue weighted by atomic mass is 16.5. The fourth-order valence-corrected chi connectivity index (χ4v) is 2.45. The average Bonchev–Trinajstić information content (AvgIpc) is 2.49. The normalized spacial score (nSPS) is 10.9. The predicted octanol–water partition coefficient (Wildman–Crippen LogP) is 4.02. The van der Waals surface area contributed by atoms with Crippen molar-refractivity contribution in [2.75, 3.05) is 30.9 Å². The molecule has 0 aliphatic rings. The minimum atomic E-state index is 0.432. The summed E-state index contributed by atoms with van der Waals surface area (Å²) in [5.74, 6) is 1.85. The molecule has 0 unspecified atom stereocenters. The number of para-hydroxylation sites is 1. The second kappa shape index (κ2) is 7.92. The maximum absolute atomic E-state index is 5.06. The first-order valence-corrected chi connectivity index (χ1v) is 7.96. The van der Waals surface area contributed by atoms with Crippen LogP contribution < -0.4 is 10.6 Å².